The number of thiazole rings is 2. The highest BCUT2D eigenvalue weighted by Crippen LogP contribution is 2.19. The van der Waals surface area contributed by atoms with Crippen molar-refractivity contribution in [1.82, 2.24) is 20.2 Å². The molecule has 2 aromatic heterocycles. The maximum absolute atomic E-state index is 4.63. The number of guanidine groups is 1. The molecule has 128 valence electrons. The zero-order valence-electron chi connectivity index (χ0n) is 14.2. The van der Waals surface area contributed by atoms with Gasteiger partial charge in [0, 0.05) is 30.8 Å². The van der Waals surface area contributed by atoms with Crippen LogP contribution in [-0.4, -0.2) is 34.9 Å². The molecule has 2 heterocycles. The summed E-state index contributed by atoms with van der Waals surface area (Å²) in [6.07, 6.45) is 0. The first kappa shape index (κ1) is 20.3. The molecule has 0 saturated carbocycles. The molecule has 1 N–H and O–H groups in total. The molecule has 23 heavy (non-hydrogen) atoms. The molecule has 0 bridgehead atoms. The molecule has 0 aliphatic heterocycles. The third kappa shape index (κ3) is 6.00. The van der Waals surface area contributed by atoms with Gasteiger partial charge in [-0.05, 0) is 6.92 Å². The molecule has 5 nitrogen and oxygen atoms in total. The van der Waals surface area contributed by atoms with Crippen LogP contribution in [0.3, 0.4) is 0 Å². The molecule has 0 radical (unpaired) electrons. The summed E-state index contributed by atoms with van der Waals surface area (Å²) >= 11 is 3.39. The van der Waals surface area contributed by atoms with Gasteiger partial charge in [-0.1, -0.05) is 13.8 Å². The van der Waals surface area contributed by atoms with Crippen molar-refractivity contribution < 1.29 is 0 Å². The van der Waals surface area contributed by atoms with Crippen molar-refractivity contribution in [2.45, 2.75) is 39.8 Å². The van der Waals surface area contributed by atoms with Gasteiger partial charge in [-0.3, -0.25) is 4.99 Å². The first-order chi connectivity index (χ1) is 10.5. The molecule has 2 rings (SSSR count). The molecule has 0 fully saturated rings. The first-order valence-corrected chi connectivity index (χ1v) is 9.02. The average Bonchev–Trinajstić information content (AvgIpc) is 3.09. The Morgan fingerprint density at radius 3 is 2.48 bits per heavy atom. The van der Waals surface area contributed by atoms with Crippen LogP contribution in [0.25, 0.3) is 0 Å². The summed E-state index contributed by atoms with van der Waals surface area (Å²) < 4.78 is 0. The lowest BCUT2D eigenvalue weighted by Gasteiger charge is -2.20. The molecular formula is C15H24IN5S2. The lowest BCUT2D eigenvalue weighted by atomic mass is 10.2. The Labute approximate surface area is 163 Å². The van der Waals surface area contributed by atoms with Gasteiger partial charge in [0.15, 0.2) is 5.96 Å². The number of hydrogen-bond acceptors (Lipinski definition) is 5. The molecule has 0 saturated heterocycles. The fraction of sp³-hybridized carbons (Fsp3) is 0.533. The van der Waals surface area contributed by atoms with E-state index in [1.165, 1.54) is 5.01 Å². The maximum atomic E-state index is 4.63. The normalized spacial score (nSPS) is 11.5. The molecule has 2 aromatic rings. The SMILES string of the molecule is CN=C(NCc1csc(C(C)C)n1)N(C)Cc1csc(C)n1.I. The topological polar surface area (TPSA) is 53.4 Å². The summed E-state index contributed by atoms with van der Waals surface area (Å²) in [5, 5.41) is 9.83. The number of halogens is 1. The van der Waals surface area contributed by atoms with Gasteiger partial charge in [0.05, 0.1) is 34.5 Å². The van der Waals surface area contributed by atoms with E-state index >= 15 is 0 Å². The Morgan fingerprint density at radius 1 is 1.26 bits per heavy atom. The second-order valence-electron chi connectivity index (χ2n) is 5.45. The largest absolute Gasteiger partial charge is 0.351 e. The van der Waals surface area contributed by atoms with Crippen LogP contribution < -0.4 is 5.32 Å². The Morgan fingerprint density at radius 2 is 1.96 bits per heavy atom. The highest BCUT2D eigenvalue weighted by Gasteiger charge is 2.10. The highest BCUT2D eigenvalue weighted by molar-refractivity contribution is 14.0. The lowest BCUT2D eigenvalue weighted by Crippen LogP contribution is -2.38. The zero-order valence-corrected chi connectivity index (χ0v) is 18.1. The molecule has 0 unspecified atom stereocenters. The van der Waals surface area contributed by atoms with Gasteiger partial charge in [0.25, 0.3) is 0 Å². The second-order valence-corrected chi connectivity index (χ2v) is 7.40. The summed E-state index contributed by atoms with van der Waals surface area (Å²) in [5.74, 6) is 1.33. The Balaban J connectivity index is 0.00000264. The van der Waals surface area contributed by atoms with E-state index in [4.69, 9.17) is 0 Å². The number of aromatic nitrogens is 2. The van der Waals surface area contributed by atoms with Crippen LogP contribution in [0, 0.1) is 6.92 Å². The van der Waals surface area contributed by atoms with Gasteiger partial charge in [0.2, 0.25) is 0 Å². The van der Waals surface area contributed by atoms with E-state index in [-0.39, 0.29) is 24.0 Å². The summed E-state index contributed by atoms with van der Waals surface area (Å²) in [5.41, 5.74) is 2.14. The zero-order chi connectivity index (χ0) is 16.1. The van der Waals surface area contributed by atoms with E-state index in [0.717, 1.165) is 28.9 Å². The fourth-order valence-corrected chi connectivity index (χ4v) is 3.46. The molecule has 8 heteroatoms. The average molecular weight is 465 g/mol. The molecule has 0 aromatic carbocycles. The molecular weight excluding hydrogens is 441 g/mol. The molecule has 0 amide bonds. The quantitative estimate of drug-likeness (QED) is 0.414. The van der Waals surface area contributed by atoms with E-state index in [2.05, 4.69) is 49.8 Å². The van der Waals surface area contributed by atoms with Crippen LogP contribution in [0.2, 0.25) is 0 Å². The highest BCUT2D eigenvalue weighted by atomic mass is 127. The number of aliphatic imine (C=N–C) groups is 1. The van der Waals surface area contributed by atoms with Crippen LogP contribution in [0.15, 0.2) is 15.8 Å². The summed E-state index contributed by atoms with van der Waals surface area (Å²) in [6.45, 7) is 7.79. The third-order valence-corrected chi connectivity index (χ3v) is 5.15. The minimum Gasteiger partial charge on any atom is -0.351 e. The standard InChI is InChI=1S/C15H23N5S2.HI/c1-10(2)14-19-12(8-22-14)6-17-15(16-4)20(5)7-13-9-21-11(3)18-13;/h8-10H,6-7H2,1-5H3,(H,16,17);1H. The Hall–Kier alpha value is -0.740. The van der Waals surface area contributed by atoms with Gasteiger partial charge in [0.1, 0.15) is 0 Å². The number of aryl methyl sites for hydroxylation is 1. The van der Waals surface area contributed by atoms with Crippen LogP contribution in [0.1, 0.15) is 41.2 Å². The van der Waals surface area contributed by atoms with E-state index in [0.29, 0.717) is 12.5 Å². The summed E-state index contributed by atoms with van der Waals surface area (Å²) in [7, 11) is 3.82. The van der Waals surface area contributed by atoms with Gasteiger partial charge in [-0.25, -0.2) is 9.97 Å². The van der Waals surface area contributed by atoms with Crippen LogP contribution in [-0.2, 0) is 13.1 Å². The van der Waals surface area contributed by atoms with E-state index in [1.807, 2.05) is 14.0 Å². The Kier molecular flexibility index (Phi) is 8.41. The van der Waals surface area contributed by atoms with Crippen molar-refractivity contribution in [1.29, 1.82) is 0 Å². The second kappa shape index (κ2) is 9.53. The number of rotatable bonds is 5. The van der Waals surface area contributed by atoms with Crippen molar-refractivity contribution in [2.24, 2.45) is 4.99 Å². The fourth-order valence-electron chi connectivity index (χ4n) is 2.02. The van der Waals surface area contributed by atoms with Gasteiger partial charge in [-0.2, -0.15) is 0 Å². The van der Waals surface area contributed by atoms with Crippen molar-refractivity contribution >= 4 is 52.6 Å². The first-order valence-electron chi connectivity index (χ1n) is 7.26. The maximum Gasteiger partial charge on any atom is 0.194 e. The number of nitrogens with one attached hydrogen (secondary N) is 1. The van der Waals surface area contributed by atoms with Gasteiger partial charge >= 0.3 is 0 Å². The van der Waals surface area contributed by atoms with Gasteiger partial charge < -0.3 is 10.2 Å². The minimum absolute atomic E-state index is 0. The molecule has 0 atom stereocenters. The summed E-state index contributed by atoms with van der Waals surface area (Å²) in [4.78, 5) is 15.5. The predicted molar refractivity (Wildman–Crippen MR) is 110 cm³/mol. The smallest absolute Gasteiger partial charge is 0.194 e. The van der Waals surface area contributed by atoms with Crippen LogP contribution >= 0.6 is 46.7 Å². The van der Waals surface area contributed by atoms with Crippen LogP contribution in [0.5, 0.6) is 0 Å². The molecule has 0 aliphatic rings. The van der Waals surface area contributed by atoms with Crippen molar-refractivity contribution in [3.8, 4) is 0 Å². The van der Waals surface area contributed by atoms with Crippen LogP contribution in [0.4, 0.5) is 0 Å². The molecule has 0 aliphatic carbocycles. The van der Waals surface area contributed by atoms with E-state index in [9.17, 15) is 0 Å². The number of nitrogens with zero attached hydrogens (tertiary/aromatic N) is 4. The van der Waals surface area contributed by atoms with Crippen molar-refractivity contribution in [3.63, 3.8) is 0 Å². The van der Waals surface area contributed by atoms with E-state index in [1.54, 1.807) is 29.7 Å². The van der Waals surface area contributed by atoms with Gasteiger partial charge in [-0.15, -0.1) is 46.7 Å². The minimum atomic E-state index is 0. The van der Waals surface area contributed by atoms with Crippen molar-refractivity contribution in [3.05, 3.63) is 32.2 Å². The predicted octanol–water partition coefficient (Wildman–Crippen LogP) is 3.86. The number of hydrogen-bond donors (Lipinski definition) is 1. The molecule has 0 spiro atoms. The van der Waals surface area contributed by atoms with E-state index < -0.39 is 0 Å². The third-order valence-electron chi connectivity index (χ3n) is 3.13. The summed E-state index contributed by atoms with van der Waals surface area (Å²) in [6, 6.07) is 0. The lowest BCUT2D eigenvalue weighted by molar-refractivity contribution is 0.470. The van der Waals surface area contributed by atoms with Crippen molar-refractivity contribution in [2.75, 3.05) is 14.1 Å². The Bertz CT molecular complexity index is 635. The monoisotopic (exact) mass is 465 g/mol.